The predicted octanol–water partition coefficient (Wildman–Crippen LogP) is 12.1. The Balaban J connectivity index is 1.04. The van der Waals surface area contributed by atoms with Crippen LogP contribution in [0, 0.1) is 0 Å². The zero-order valence-electron chi connectivity index (χ0n) is 40.1. The van der Waals surface area contributed by atoms with Crippen molar-refractivity contribution in [2.45, 2.75) is 28.1 Å². The first kappa shape index (κ1) is 45.4. The van der Waals surface area contributed by atoms with Crippen molar-refractivity contribution in [3.63, 3.8) is 0 Å². The molecule has 0 atom stereocenters. The van der Waals surface area contributed by atoms with Crippen LogP contribution in [0.15, 0.2) is 243 Å². The van der Waals surface area contributed by atoms with Crippen molar-refractivity contribution < 1.29 is 42.4 Å². The molecule has 1 heterocycles. The number of benzene rings is 10. The average Bonchev–Trinajstić information content (AvgIpc) is 3.92. The van der Waals surface area contributed by atoms with E-state index in [0.717, 1.165) is 11.4 Å². The fourth-order valence-electron chi connectivity index (χ4n) is 10.6. The summed E-state index contributed by atoms with van der Waals surface area (Å²) in [5.74, 6) is 0. The van der Waals surface area contributed by atoms with E-state index in [9.17, 15) is 0 Å². The Hall–Kier alpha value is -6.74. The summed E-state index contributed by atoms with van der Waals surface area (Å²) in [6.45, 7) is 4.78. The van der Waals surface area contributed by atoms with Gasteiger partial charge in [0.25, 0.3) is 0 Å². The SMILES string of the molecule is CCC[I-]C1([I-]CCC)c2cc(N(c3cccc(-c4cccc(-c5ccccc5)c4)c3)c3cccc(-c4ccccc4-c4ccccc4)c3)ccc2-c2ccc(-n3c4ccccc4c4ccccc43)cc21. The molecule has 1 aromatic heterocycles. The summed E-state index contributed by atoms with van der Waals surface area (Å²) in [5.41, 5.74) is 23.0. The van der Waals surface area contributed by atoms with E-state index in [1.54, 1.807) is 11.1 Å². The third-order valence-electron chi connectivity index (χ3n) is 13.8. The quantitative estimate of drug-likeness (QED) is 0.0778. The number of fused-ring (bicyclic) bond motifs is 6. The molecule has 0 bridgehead atoms. The number of hydrogen-bond donors (Lipinski definition) is 0. The zero-order valence-corrected chi connectivity index (χ0v) is 44.4. The van der Waals surface area contributed by atoms with Crippen molar-refractivity contribution in [1.82, 2.24) is 4.57 Å². The van der Waals surface area contributed by atoms with Crippen LogP contribution in [0.5, 0.6) is 0 Å². The molecule has 0 spiro atoms. The van der Waals surface area contributed by atoms with Crippen molar-refractivity contribution in [2.24, 2.45) is 0 Å². The van der Waals surface area contributed by atoms with E-state index in [1.165, 1.54) is 111 Å². The van der Waals surface area contributed by atoms with Gasteiger partial charge in [-0.1, -0.05) is 48.5 Å². The normalized spacial score (nSPS) is 12.6. The number of para-hydroxylation sites is 2. The number of rotatable bonds is 14. The first-order chi connectivity index (χ1) is 35.1. The van der Waals surface area contributed by atoms with E-state index in [0.29, 0.717) is 0 Å². The summed E-state index contributed by atoms with van der Waals surface area (Å²) >= 11 is -0.482. The van der Waals surface area contributed by atoms with Gasteiger partial charge in [0.1, 0.15) is 0 Å². The van der Waals surface area contributed by atoms with Gasteiger partial charge in [0.2, 0.25) is 0 Å². The van der Waals surface area contributed by atoms with Crippen LogP contribution in [0.25, 0.3) is 83.1 Å². The first-order valence-corrected chi connectivity index (χ1v) is 30.1. The van der Waals surface area contributed by atoms with Gasteiger partial charge in [-0.15, -0.1) is 0 Å². The third kappa shape index (κ3) is 8.39. The minimum absolute atomic E-state index is 0.0705. The van der Waals surface area contributed by atoms with E-state index in [2.05, 4.69) is 266 Å². The van der Waals surface area contributed by atoms with Crippen molar-refractivity contribution in [3.8, 4) is 61.3 Å². The molecule has 12 rings (SSSR count). The van der Waals surface area contributed by atoms with E-state index >= 15 is 0 Å². The maximum absolute atomic E-state index is 2.63. The number of halogens is 2. The molecule has 11 aromatic rings. The van der Waals surface area contributed by atoms with Gasteiger partial charge in [0.15, 0.2) is 0 Å². The molecule has 0 aliphatic heterocycles. The van der Waals surface area contributed by atoms with Gasteiger partial charge in [-0.2, -0.15) is 0 Å². The van der Waals surface area contributed by atoms with E-state index in [4.69, 9.17) is 0 Å². The van der Waals surface area contributed by atoms with Crippen LogP contribution in [0.1, 0.15) is 37.8 Å². The van der Waals surface area contributed by atoms with Crippen LogP contribution in [0.3, 0.4) is 0 Å². The van der Waals surface area contributed by atoms with Crippen LogP contribution < -0.4 is 47.3 Å². The molecular formula is C67H54I2N2-2. The van der Waals surface area contributed by atoms with E-state index in [-0.39, 0.29) is 43.8 Å². The second-order valence-corrected chi connectivity index (χ2v) is 27.3. The zero-order chi connectivity index (χ0) is 47.7. The van der Waals surface area contributed by atoms with Crippen LogP contribution in [0.2, 0.25) is 0 Å². The van der Waals surface area contributed by atoms with Gasteiger partial charge < -0.3 is 0 Å². The molecule has 0 radical (unpaired) electrons. The Morgan fingerprint density at radius 1 is 0.352 bits per heavy atom. The molecule has 0 amide bonds. The van der Waals surface area contributed by atoms with Gasteiger partial charge in [-0.05, 0) is 0 Å². The van der Waals surface area contributed by atoms with E-state index in [1.807, 2.05) is 0 Å². The van der Waals surface area contributed by atoms with Crippen LogP contribution in [0.4, 0.5) is 17.1 Å². The molecule has 0 saturated heterocycles. The Bertz CT molecular complexity index is 3640. The summed E-state index contributed by atoms with van der Waals surface area (Å²) in [5, 5.41) is 2.61. The van der Waals surface area contributed by atoms with E-state index < -0.39 is 0 Å². The second kappa shape index (κ2) is 19.8. The molecule has 0 N–H and O–H groups in total. The van der Waals surface area contributed by atoms with Gasteiger partial charge >= 0.3 is 394 Å². The van der Waals surface area contributed by atoms with Gasteiger partial charge in [0, 0.05) is 0 Å². The molecule has 0 saturated carbocycles. The van der Waals surface area contributed by atoms with Gasteiger partial charge in [0.05, 0.1) is 0 Å². The number of nitrogens with zero attached hydrogens (tertiary/aromatic N) is 2. The van der Waals surface area contributed by atoms with Crippen LogP contribution >= 0.6 is 0 Å². The topological polar surface area (TPSA) is 8.17 Å². The molecule has 348 valence electrons. The third-order valence-corrected chi connectivity index (χ3v) is 25.4. The fourth-order valence-corrected chi connectivity index (χ4v) is 20.9. The molecule has 71 heavy (non-hydrogen) atoms. The average molecular weight is 1140 g/mol. The summed E-state index contributed by atoms with van der Waals surface area (Å²) < 4.78 is 5.18. The molecule has 4 heteroatoms. The van der Waals surface area contributed by atoms with Crippen molar-refractivity contribution in [1.29, 1.82) is 0 Å². The number of aromatic nitrogens is 1. The molecule has 2 nitrogen and oxygen atoms in total. The number of hydrogen-bond acceptors (Lipinski definition) is 1. The fraction of sp³-hybridized carbons (Fsp3) is 0.104. The Kier molecular flexibility index (Phi) is 12.7. The second-order valence-electron chi connectivity index (χ2n) is 18.3. The first-order valence-electron chi connectivity index (χ1n) is 24.9. The summed E-state index contributed by atoms with van der Waals surface area (Å²) in [7, 11) is 0. The standard InChI is InChI=1S/C67H54I2N2/c1-3-40-68-67(69-41-4-2)63-45-55(36-38-59(63)60-39-37-56(46-64(60)67)71-65-34-15-13-32-61(65)62-33-14-16-35-66(62)71)70(53-28-18-26-51(43-53)50-25-17-24-49(42-50)47-20-7-5-8-21-47)54-29-19-27-52(44-54)58-31-12-11-30-57(58)48-22-9-6-10-23-48/h5-39,42-46H,3-4,40-41H2,1-2H3/q-2. The Morgan fingerprint density at radius 3 is 1.44 bits per heavy atom. The summed E-state index contributed by atoms with van der Waals surface area (Å²) in [4.78, 5) is 2.53. The van der Waals surface area contributed by atoms with Crippen molar-refractivity contribution >= 4 is 38.9 Å². The van der Waals surface area contributed by atoms with Gasteiger partial charge in [-0.25, -0.2) is 0 Å². The Morgan fingerprint density at radius 2 is 0.803 bits per heavy atom. The maximum atomic E-state index is 2.63. The predicted molar refractivity (Wildman–Crippen MR) is 294 cm³/mol. The molecule has 0 unspecified atom stereocenters. The molecule has 1 aliphatic rings. The van der Waals surface area contributed by atoms with Crippen LogP contribution in [-0.2, 0) is 1.43 Å². The molecule has 1 aliphatic carbocycles. The van der Waals surface area contributed by atoms with Crippen molar-refractivity contribution in [3.05, 3.63) is 254 Å². The minimum atomic E-state index is -0.241. The Labute approximate surface area is 439 Å². The molecule has 10 aromatic carbocycles. The van der Waals surface area contributed by atoms with Crippen LogP contribution in [-0.4, -0.2) is 13.4 Å². The monoisotopic (exact) mass is 1140 g/mol. The van der Waals surface area contributed by atoms with Crippen molar-refractivity contribution in [2.75, 3.05) is 13.8 Å². The number of anilines is 3. The molecular weight excluding hydrogens is 1090 g/mol. The van der Waals surface area contributed by atoms with Gasteiger partial charge in [-0.3, -0.25) is 0 Å². The number of alkyl halides is 4. The summed E-state index contributed by atoms with van der Waals surface area (Å²) in [6.07, 6.45) is 2.42. The molecule has 0 fully saturated rings. The summed E-state index contributed by atoms with van der Waals surface area (Å²) in [6, 6.07) is 90.7.